The number of carbonyl (C=O) groups excluding carboxylic acids is 1. The third-order valence-electron chi connectivity index (χ3n) is 6.11. The van der Waals surface area contributed by atoms with Crippen LogP contribution in [0.2, 0.25) is 0 Å². The molecule has 36 heavy (non-hydrogen) atoms. The van der Waals surface area contributed by atoms with Crippen LogP contribution in [0, 0.1) is 0 Å². The third-order valence-corrected chi connectivity index (χ3v) is 6.11. The zero-order chi connectivity index (χ0) is 25.4. The molecular formula is C30H34O6. The Bertz CT molecular complexity index is 1060. The van der Waals surface area contributed by atoms with Crippen LogP contribution in [0.4, 0.5) is 0 Å². The molecule has 190 valence electrons. The minimum absolute atomic E-state index is 0.180. The Morgan fingerprint density at radius 2 is 1.22 bits per heavy atom. The maximum Gasteiger partial charge on any atom is 0.195 e. The summed E-state index contributed by atoms with van der Waals surface area (Å²) in [5, 5.41) is 10.7. The van der Waals surface area contributed by atoms with Crippen molar-refractivity contribution < 1.29 is 28.8 Å². The number of ketones is 1. The van der Waals surface area contributed by atoms with E-state index in [4.69, 9.17) is 18.9 Å². The fraction of sp³-hybridized carbons (Fsp3) is 0.367. The van der Waals surface area contributed by atoms with Crippen LogP contribution < -0.4 is 0 Å². The van der Waals surface area contributed by atoms with Gasteiger partial charge in [0.2, 0.25) is 0 Å². The average Bonchev–Trinajstić information content (AvgIpc) is 2.89. The monoisotopic (exact) mass is 490 g/mol. The number of hydrogen-bond acceptors (Lipinski definition) is 6. The fourth-order valence-electron chi connectivity index (χ4n) is 4.24. The second-order valence-corrected chi connectivity index (χ2v) is 9.59. The quantitative estimate of drug-likeness (QED) is 0.427. The molecule has 1 heterocycles. The highest BCUT2D eigenvalue weighted by molar-refractivity contribution is 5.90. The van der Waals surface area contributed by atoms with Gasteiger partial charge in [0.05, 0.1) is 32.0 Å². The molecule has 0 radical (unpaired) electrons. The summed E-state index contributed by atoms with van der Waals surface area (Å²) in [6, 6.07) is 29.3. The van der Waals surface area contributed by atoms with Gasteiger partial charge >= 0.3 is 0 Å². The first kappa shape index (κ1) is 26.2. The van der Waals surface area contributed by atoms with E-state index < -0.39 is 30.0 Å². The van der Waals surface area contributed by atoms with Crippen molar-refractivity contribution in [1.82, 2.24) is 0 Å². The van der Waals surface area contributed by atoms with Crippen LogP contribution in [-0.4, -0.2) is 47.5 Å². The molecule has 1 fully saturated rings. The lowest BCUT2D eigenvalue weighted by Crippen LogP contribution is -2.63. The van der Waals surface area contributed by atoms with Crippen LogP contribution in [-0.2, 0) is 43.6 Å². The van der Waals surface area contributed by atoms with Crippen molar-refractivity contribution in [2.45, 2.75) is 63.7 Å². The number of ether oxygens (including phenoxy) is 4. The molecule has 0 aromatic heterocycles. The average molecular weight is 491 g/mol. The predicted octanol–water partition coefficient (Wildman–Crippen LogP) is 4.48. The summed E-state index contributed by atoms with van der Waals surface area (Å²) in [5.74, 6) is -0.337. The maximum absolute atomic E-state index is 13.5. The smallest absolute Gasteiger partial charge is 0.195 e. The van der Waals surface area contributed by atoms with Gasteiger partial charge < -0.3 is 24.1 Å². The van der Waals surface area contributed by atoms with Crippen LogP contribution in [0.15, 0.2) is 91.0 Å². The molecule has 1 aliphatic rings. The molecule has 1 N–H and O–H groups in total. The van der Waals surface area contributed by atoms with Crippen molar-refractivity contribution in [3.8, 4) is 0 Å². The van der Waals surface area contributed by atoms with Crippen LogP contribution >= 0.6 is 0 Å². The highest BCUT2D eigenvalue weighted by Gasteiger charge is 2.51. The van der Waals surface area contributed by atoms with Gasteiger partial charge in [0.15, 0.2) is 5.78 Å². The number of aliphatic hydroxyl groups is 1. The minimum atomic E-state index is -1.40. The molecule has 0 amide bonds. The van der Waals surface area contributed by atoms with Gasteiger partial charge in [0, 0.05) is 0 Å². The highest BCUT2D eigenvalue weighted by atomic mass is 16.6. The SMILES string of the molecule is CC(C)(O)[C@@H]1O[C@H](COCc2ccccc2)[C@@H](OCc2ccccc2)[C@H](OCc2ccccc2)C1=O. The molecule has 3 aromatic carbocycles. The lowest BCUT2D eigenvalue weighted by molar-refractivity contribution is -0.234. The molecule has 0 unspecified atom stereocenters. The topological polar surface area (TPSA) is 74.2 Å². The lowest BCUT2D eigenvalue weighted by Gasteiger charge is -2.43. The lowest BCUT2D eigenvalue weighted by atomic mass is 9.88. The van der Waals surface area contributed by atoms with Gasteiger partial charge in [-0.25, -0.2) is 0 Å². The second kappa shape index (κ2) is 12.4. The molecule has 0 saturated carbocycles. The van der Waals surface area contributed by atoms with Crippen LogP contribution in [0.25, 0.3) is 0 Å². The molecule has 4 rings (SSSR count). The van der Waals surface area contributed by atoms with E-state index in [0.29, 0.717) is 6.61 Å². The molecule has 0 bridgehead atoms. The van der Waals surface area contributed by atoms with Crippen LogP contribution in [0.5, 0.6) is 0 Å². The third kappa shape index (κ3) is 7.09. The van der Waals surface area contributed by atoms with Crippen molar-refractivity contribution in [2.75, 3.05) is 6.61 Å². The van der Waals surface area contributed by atoms with Gasteiger partial charge in [-0.1, -0.05) is 91.0 Å². The fourth-order valence-corrected chi connectivity index (χ4v) is 4.24. The summed E-state index contributed by atoms with van der Waals surface area (Å²) in [5.41, 5.74) is 1.55. The van der Waals surface area contributed by atoms with E-state index in [1.165, 1.54) is 0 Å². The zero-order valence-electron chi connectivity index (χ0n) is 20.8. The largest absolute Gasteiger partial charge is 0.387 e. The summed E-state index contributed by atoms with van der Waals surface area (Å²) < 4.78 is 24.6. The molecule has 0 spiro atoms. The minimum Gasteiger partial charge on any atom is -0.387 e. The number of carbonyl (C=O) groups is 1. The van der Waals surface area contributed by atoms with Gasteiger partial charge in [-0.2, -0.15) is 0 Å². The van der Waals surface area contributed by atoms with E-state index >= 15 is 0 Å². The number of benzene rings is 3. The number of rotatable bonds is 11. The molecule has 1 saturated heterocycles. The van der Waals surface area contributed by atoms with E-state index in [0.717, 1.165) is 16.7 Å². The molecule has 6 heteroatoms. The Morgan fingerprint density at radius 1 is 0.750 bits per heavy atom. The van der Waals surface area contributed by atoms with Gasteiger partial charge in [-0.3, -0.25) is 4.79 Å². The molecule has 1 aliphatic heterocycles. The Kier molecular flexibility index (Phi) is 9.02. The van der Waals surface area contributed by atoms with E-state index in [1.807, 2.05) is 91.0 Å². The van der Waals surface area contributed by atoms with Gasteiger partial charge in [-0.05, 0) is 30.5 Å². The molecule has 3 aromatic rings. The molecule has 4 atom stereocenters. The summed E-state index contributed by atoms with van der Waals surface area (Å²) in [6.07, 6.45) is -3.33. The van der Waals surface area contributed by atoms with E-state index in [9.17, 15) is 9.90 Å². The molecule has 0 aliphatic carbocycles. The Morgan fingerprint density at radius 3 is 1.72 bits per heavy atom. The van der Waals surface area contributed by atoms with Crippen LogP contribution in [0.1, 0.15) is 30.5 Å². The normalized spacial score (nSPS) is 22.5. The van der Waals surface area contributed by atoms with Crippen molar-refractivity contribution in [3.63, 3.8) is 0 Å². The van der Waals surface area contributed by atoms with Gasteiger partial charge in [0.25, 0.3) is 0 Å². The van der Waals surface area contributed by atoms with Gasteiger partial charge in [-0.15, -0.1) is 0 Å². The Balaban J connectivity index is 1.55. The maximum atomic E-state index is 13.5. The molecule has 6 nitrogen and oxygen atoms in total. The van der Waals surface area contributed by atoms with Gasteiger partial charge in [0.1, 0.15) is 24.4 Å². The zero-order valence-corrected chi connectivity index (χ0v) is 20.8. The number of Topliss-reactive ketones (excluding diaryl/α,β-unsaturated/α-hetero) is 1. The number of hydrogen-bond donors (Lipinski definition) is 1. The first-order valence-corrected chi connectivity index (χ1v) is 12.3. The summed E-state index contributed by atoms with van der Waals surface area (Å²) in [6.45, 7) is 4.23. The van der Waals surface area contributed by atoms with E-state index in [2.05, 4.69) is 0 Å². The van der Waals surface area contributed by atoms with Crippen molar-refractivity contribution >= 4 is 5.78 Å². The summed E-state index contributed by atoms with van der Waals surface area (Å²) in [4.78, 5) is 13.5. The highest BCUT2D eigenvalue weighted by Crippen LogP contribution is 2.30. The first-order valence-electron chi connectivity index (χ1n) is 12.3. The standard InChI is InChI=1S/C30H34O6/c1-30(2,32)29-26(31)28(35-20-24-16-10-5-11-17-24)27(34-19-23-14-8-4-9-15-23)25(36-29)21-33-18-22-12-6-3-7-13-22/h3-17,25,27-29,32H,18-21H2,1-2H3/t25-,27-,28-,29-/m1/s1. The Labute approximate surface area is 212 Å². The van der Waals surface area contributed by atoms with Crippen molar-refractivity contribution in [2.24, 2.45) is 0 Å². The van der Waals surface area contributed by atoms with E-state index in [1.54, 1.807) is 13.8 Å². The Hall–Kier alpha value is -2.87. The second-order valence-electron chi connectivity index (χ2n) is 9.59. The van der Waals surface area contributed by atoms with Crippen LogP contribution in [0.3, 0.4) is 0 Å². The van der Waals surface area contributed by atoms with E-state index in [-0.39, 0.29) is 25.6 Å². The predicted molar refractivity (Wildman–Crippen MR) is 136 cm³/mol. The summed E-state index contributed by atoms with van der Waals surface area (Å²) in [7, 11) is 0. The van der Waals surface area contributed by atoms with Crippen molar-refractivity contribution in [1.29, 1.82) is 0 Å². The van der Waals surface area contributed by atoms with Crippen molar-refractivity contribution in [3.05, 3.63) is 108 Å². The summed E-state index contributed by atoms with van der Waals surface area (Å²) >= 11 is 0. The first-order chi connectivity index (χ1) is 17.4. The molecular weight excluding hydrogens is 456 g/mol.